The Labute approximate surface area is 308 Å². The second kappa shape index (κ2) is 17.7. The Bertz CT molecular complexity index is 1910. The minimum absolute atomic E-state index is 1.27. The summed E-state index contributed by atoms with van der Waals surface area (Å²) in [7, 11) is -27.3. The molecule has 37 heteroatoms. The van der Waals surface area contributed by atoms with Crippen LogP contribution in [-0.2, 0) is 92.8 Å². The Morgan fingerprint density at radius 3 is 1.51 bits per heavy atom. The lowest BCUT2D eigenvalue weighted by Crippen LogP contribution is -2.69. The van der Waals surface area contributed by atoms with Gasteiger partial charge in [0.1, 0.15) is 60.9 Å². The van der Waals surface area contributed by atoms with E-state index in [2.05, 4.69) is 12.5 Å². The first-order chi connectivity index (χ1) is 24.8. The first kappa shape index (κ1) is 47.8. The summed E-state index contributed by atoms with van der Waals surface area (Å²) in [6.07, 6.45) is -33.7. The molecule has 15 atom stereocenters. The van der Waals surface area contributed by atoms with Gasteiger partial charge in [-0.1, -0.05) is 0 Å². The summed E-state index contributed by atoms with van der Waals surface area (Å²) in [5.74, 6) is -2.24. The topological polar surface area (TPSA) is 508 Å². The SMILES string of the molecule is O=C(O)[C@@H]1O[C@@H](O[C@H]2[C@H](O)[C@@H](NS(=O)(=O)O)C(O)O[C@@H]2COS(=O)(=O)O)[C@H](OS(=O)(=O)O)[C@@H](O)[C@@H]1O[C@H]1O[C@H](COS(=O)(=O)O)[C@@H](O)[C@H](O)[C@H]1NS(=O)(=O)O. The molecule has 3 saturated heterocycles. The highest BCUT2D eigenvalue weighted by molar-refractivity contribution is 7.84. The number of aliphatic hydroxyl groups excluding tert-OH is 5. The molecule has 32 nitrogen and oxygen atoms in total. The third-order valence-corrected chi connectivity index (χ3v) is 9.78. The maximum atomic E-state index is 12.4. The van der Waals surface area contributed by atoms with E-state index in [1.807, 2.05) is 0 Å². The minimum atomic E-state index is -5.85. The molecule has 3 fully saturated rings. The number of ether oxygens (including phenoxy) is 5. The molecule has 0 saturated carbocycles. The molecule has 0 radical (unpaired) electrons. The highest BCUT2D eigenvalue weighted by atomic mass is 32.3. The van der Waals surface area contributed by atoms with E-state index in [-0.39, 0.29) is 0 Å². The molecule has 13 N–H and O–H groups in total. The van der Waals surface area contributed by atoms with Crippen LogP contribution in [0.2, 0.25) is 0 Å². The van der Waals surface area contributed by atoms with Gasteiger partial charge < -0.3 is 54.3 Å². The van der Waals surface area contributed by atoms with E-state index < -0.39 is 163 Å². The summed E-state index contributed by atoms with van der Waals surface area (Å²) < 4.78 is 201. The molecule has 1 unspecified atom stereocenters. The van der Waals surface area contributed by atoms with Crippen LogP contribution < -0.4 is 9.44 Å². The van der Waals surface area contributed by atoms with Gasteiger partial charge in [0.2, 0.25) is 0 Å². The Morgan fingerprint density at radius 1 is 0.545 bits per heavy atom. The van der Waals surface area contributed by atoms with Crippen LogP contribution in [0.25, 0.3) is 0 Å². The van der Waals surface area contributed by atoms with Crippen LogP contribution in [-0.4, -0.2) is 207 Å². The molecule has 324 valence electrons. The third kappa shape index (κ3) is 14.0. The van der Waals surface area contributed by atoms with Crippen molar-refractivity contribution < 1.29 is 137 Å². The number of carboxylic acid groups (broad SMARTS) is 1. The average Bonchev–Trinajstić information content (AvgIpc) is 2.98. The quantitative estimate of drug-likeness (QED) is 0.0603. The Balaban J connectivity index is 2.07. The van der Waals surface area contributed by atoms with Crippen molar-refractivity contribution in [1.29, 1.82) is 0 Å². The largest absolute Gasteiger partial charge is 0.479 e. The predicted molar refractivity (Wildman–Crippen MR) is 158 cm³/mol. The van der Waals surface area contributed by atoms with E-state index in [9.17, 15) is 86.6 Å². The number of carboxylic acids is 1. The van der Waals surface area contributed by atoms with Crippen molar-refractivity contribution in [2.45, 2.75) is 92.0 Å². The van der Waals surface area contributed by atoms with Gasteiger partial charge in [0.25, 0.3) is 0 Å². The van der Waals surface area contributed by atoms with Gasteiger partial charge in [0.05, 0.1) is 13.2 Å². The van der Waals surface area contributed by atoms with Crippen LogP contribution in [0.15, 0.2) is 0 Å². The summed E-state index contributed by atoms with van der Waals surface area (Å²) in [5, 5.41) is 63.1. The maximum Gasteiger partial charge on any atom is 0.397 e. The van der Waals surface area contributed by atoms with Gasteiger partial charge >= 0.3 is 57.8 Å². The van der Waals surface area contributed by atoms with E-state index >= 15 is 0 Å². The molecule has 0 amide bonds. The summed E-state index contributed by atoms with van der Waals surface area (Å²) in [6.45, 7) is -2.87. The van der Waals surface area contributed by atoms with Gasteiger partial charge in [0, 0.05) is 0 Å². The molecule has 3 rings (SSSR count). The van der Waals surface area contributed by atoms with Gasteiger partial charge in [-0.05, 0) is 0 Å². The van der Waals surface area contributed by atoms with Crippen molar-refractivity contribution in [3.8, 4) is 0 Å². The molecule has 0 aromatic rings. The summed E-state index contributed by atoms with van der Waals surface area (Å²) in [4.78, 5) is 12.4. The van der Waals surface area contributed by atoms with Crippen LogP contribution in [0, 0.1) is 0 Å². The van der Waals surface area contributed by atoms with Crippen molar-refractivity contribution in [2.75, 3.05) is 13.2 Å². The van der Waals surface area contributed by atoms with E-state index in [1.165, 1.54) is 9.44 Å². The molecule has 3 heterocycles. The lowest BCUT2D eigenvalue weighted by atomic mass is 9.95. The van der Waals surface area contributed by atoms with Crippen molar-refractivity contribution in [3.63, 3.8) is 0 Å². The fourth-order valence-electron chi connectivity index (χ4n) is 5.16. The molecule has 3 aliphatic rings. The second-order valence-electron chi connectivity index (χ2n) is 11.2. The van der Waals surface area contributed by atoms with Crippen LogP contribution in [0.5, 0.6) is 0 Å². The molecule has 55 heavy (non-hydrogen) atoms. The maximum absolute atomic E-state index is 12.4. The molecule has 0 aromatic heterocycles. The molecule has 0 aliphatic carbocycles. The number of rotatable bonds is 17. The van der Waals surface area contributed by atoms with E-state index in [0.717, 1.165) is 0 Å². The van der Waals surface area contributed by atoms with Crippen molar-refractivity contribution >= 4 is 57.8 Å². The van der Waals surface area contributed by atoms with E-state index in [4.69, 9.17) is 37.3 Å². The summed E-state index contributed by atoms with van der Waals surface area (Å²) >= 11 is 0. The van der Waals surface area contributed by atoms with Crippen molar-refractivity contribution in [2.24, 2.45) is 0 Å². The molecule has 3 aliphatic heterocycles. The summed E-state index contributed by atoms with van der Waals surface area (Å²) in [5.41, 5.74) is 0. The van der Waals surface area contributed by atoms with Crippen molar-refractivity contribution in [3.05, 3.63) is 0 Å². The second-order valence-corrected chi connectivity index (χ2v) is 16.8. The number of carbonyl (C=O) groups is 1. The Morgan fingerprint density at radius 2 is 1.04 bits per heavy atom. The smallest absolute Gasteiger partial charge is 0.397 e. The summed E-state index contributed by atoms with van der Waals surface area (Å²) in [6, 6.07) is -4.85. The Hall–Kier alpha value is -1.58. The van der Waals surface area contributed by atoms with Crippen LogP contribution in [0.4, 0.5) is 0 Å². The van der Waals surface area contributed by atoms with Crippen LogP contribution in [0.3, 0.4) is 0 Å². The number of nitrogens with one attached hydrogen (secondary N) is 2. The first-order valence-corrected chi connectivity index (χ1v) is 21.0. The fourth-order valence-corrected chi connectivity index (χ4v) is 7.46. The normalized spacial score (nSPS) is 38.4. The average molecular weight is 917 g/mol. The third-order valence-electron chi connectivity index (χ3n) is 7.30. The van der Waals surface area contributed by atoms with Gasteiger partial charge in [-0.2, -0.15) is 51.5 Å². The zero-order valence-corrected chi connectivity index (χ0v) is 30.4. The number of hydrogen-bond donors (Lipinski definition) is 13. The first-order valence-electron chi connectivity index (χ1n) is 14.1. The van der Waals surface area contributed by atoms with E-state index in [0.29, 0.717) is 0 Å². The molecule has 0 bridgehead atoms. The lowest BCUT2D eigenvalue weighted by Gasteiger charge is -2.48. The van der Waals surface area contributed by atoms with Crippen LogP contribution >= 0.6 is 0 Å². The molecular formula is C18H32N2O30S5. The van der Waals surface area contributed by atoms with Gasteiger partial charge in [-0.15, -0.1) is 0 Å². The molecule has 0 spiro atoms. The number of aliphatic carboxylic acids is 1. The highest BCUT2D eigenvalue weighted by Crippen LogP contribution is 2.34. The minimum Gasteiger partial charge on any atom is -0.479 e. The van der Waals surface area contributed by atoms with Crippen LogP contribution in [0.1, 0.15) is 0 Å². The van der Waals surface area contributed by atoms with Crippen molar-refractivity contribution in [1.82, 2.24) is 9.44 Å². The number of aliphatic hydroxyl groups is 5. The molecular weight excluding hydrogens is 885 g/mol. The van der Waals surface area contributed by atoms with Gasteiger partial charge in [-0.25, -0.2) is 17.3 Å². The van der Waals surface area contributed by atoms with Gasteiger partial charge in [-0.3, -0.25) is 22.8 Å². The van der Waals surface area contributed by atoms with E-state index in [1.54, 1.807) is 0 Å². The zero-order chi connectivity index (χ0) is 42.2. The highest BCUT2D eigenvalue weighted by Gasteiger charge is 2.57. The molecule has 0 aromatic carbocycles. The van der Waals surface area contributed by atoms with Gasteiger partial charge in [0.15, 0.2) is 31.1 Å². The fraction of sp³-hybridized carbons (Fsp3) is 0.944. The monoisotopic (exact) mass is 916 g/mol. The standard InChI is InChI=1S/C18H32N2O30S5/c21-7-3(1-43-53(34,35)36)46-17(6(8(7)22)20-52(31,32)33)48-12-10(24)13(50-55(40,41)42)18(49-14(12)15(25)26)47-11-4(2-44-54(37,38)39)45-16(27)5(9(11)23)19-51(28,29)30/h3-14,16-24,27H,1-2H2,(H,25,26)(H,28,29,30)(H,31,32,33)(H,34,35,36)(H,37,38,39)(H,40,41,42)/t3-,4-,5-,6-,7-,8-,9-,10+,11-,12+,13-,14-,16?,17-,18-/m1/s1. The zero-order valence-electron chi connectivity index (χ0n) is 26.3. The Kier molecular flexibility index (Phi) is 15.4. The lowest BCUT2D eigenvalue weighted by molar-refractivity contribution is -0.357. The predicted octanol–water partition coefficient (Wildman–Crippen LogP) is -9.20. The number of hydrogen-bond acceptors (Lipinski definition) is 24.